The number of carbonyl (C=O) groups is 3. The van der Waals surface area contributed by atoms with Gasteiger partial charge in [-0.1, -0.05) is 30.2 Å². The predicted molar refractivity (Wildman–Crippen MR) is 137 cm³/mol. The smallest absolute Gasteiger partial charge is 0.328 e. The first-order valence-electron chi connectivity index (χ1n) is 11.6. The summed E-state index contributed by atoms with van der Waals surface area (Å²) in [6.07, 6.45) is 6.16. The van der Waals surface area contributed by atoms with Gasteiger partial charge in [-0.25, -0.2) is 9.78 Å². The number of hydrogen-bond acceptors (Lipinski definition) is 7. The van der Waals surface area contributed by atoms with E-state index in [4.69, 9.17) is 4.74 Å². The molecule has 34 heavy (non-hydrogen) atoms. The van der Waals surface area contributed by atoms with Gasteiger partial charge in [0.05, 0.1) is 22.8 Å². The summed E-state index contributed by atoms with van der Waals surface area (Å²) in [6, 6.07) is 6.89. The van der Waals surface area contributed by atoms with Gasteiger partial charge in [0.1, 0.15) is 0 Å². The van der Waals surface area contributed by atoms with Crippen molar-refractivity contribution in [3.63, 3.8) is 0 Å². The average Bonchev–Trinajstić information content (AvgIpc) is 3.48. The van der Waals surface area contributed by atoms with E-state index in [1.54, 1.807) is 36.2 Å². The third-order valence-electron chi connectivity index (χ3n) is 5.34. The molecule has 2 aromatic rings. The lowest BCUT2D eigenvalue weighted by atomic mass is 10.1. The number of thiazole rings is 1. The zero-order chi connectivity index (χ0) is 24.5. The fourth-order valence-electron chi connectivity index (χ4n) is 3.79. The van der Waals surface area contributed by atoms with Gasteiger partial charge in [-0.15, -0.1) is 11.8 Å². The molecule has 1 heterocycles. The number of amides is 3. The number of carbonyl (C=O) groups excluding carboxylic acids is 3. The summed E-state index contributed by atoms with van der Waals surface area (Å²) in [5, 5.41) is 6.25. The topological polar surface area (TPSA) is 101 Å². The second-order valence-electron chi connectivity index (χ2n) is 8.45. The van der Waals surface area contributed by atoms with Gasteiger partial charge in [0.15, 0.2) is 5.13 Å². The minimum atomic E-state index is -0.287. The molecule has 10 heteroatoms. The van der Waals surface area contributed by atoms with Crippen LogP contribution in [0, 0.1) is 5.92 Å². The van der Waals surface area contributed by atoms with Crippen LogP contribution in [-0.2, 0) is 9.53 Å². The average molecular weight is 505 g/mol. The number of urea groups is 1. The Kier molecular flexibility index (Phi) is 9.76. The number of esters is 1. The van der Waals surface area contributed by atoms with E-state index < -0.39 is 0 Å². The quantitative estimate of drug-likeness (QED) is 0.342. The Morgan fingerprint density at radius 3 is 2.74 bits per heavy atom. The molecular formula is C24H32N4O4S2. The number of hydrogen-bond donors (Lipinski definition) is 2. The third-order valence-corrected chi connectivity index (χ3v) is 7.42. The lowest BCUT2D eigenvalue weighted by molar-refractivity contribution is -0.139. The summed E-state index contributed by atoms with van der Waals surface area (Å²) in [7, 11) is 0. The first kappa shape index (κ1) is 26.0. The van der Waals surface area contributed by atoms with Crippen molar-refractivity contribution in [1.82, 2.24) is 10.3 Å². The van der Waals surface area contributed by atoms with Crippen molar-refractivity contribution in [2.75, 3.05) is 29.1 Å². The van der Waals surface area contributed by atoms with Gasteiger partial charge in [-0.2, -0.15) is 0 Å². The molecule has 8 nitrogen and oxygen atoms in total. The van der Waals surface area contributed by atoms with E-state index in [1.807, 2.05) is 19.9 Å². The summed E-state index contributed by atoms with van der Waals surface area (Å²) in [5.41, 5.74) is 1.19. The number of aromatic nitrogens is 1. The minimum absolute atomic E-state index is 0.0230. The SMILES string of the molecule is CCOC(=O)CSc1cnc(NC(=O)N(CC2CCCC2)c2cccc(C(=O)NC(C)C)c2)s1. The third kappa shape index (κ3) is 7.73. The molecular weight excluding hydrogens is 472 g/mol. The van der Waals surface area contributed by atoms with Crippen molar-refractivity contribution in [2.24, 2.45) is 5.92 Å². The van der Waals surface area contributed by atoms with Gasteiger partial charge >= 0.3 is 12.0 Å². The highest BCUT2D eigenvalue weighted by atomic mass is 32.2. The zero-order valence-corrected chi connectivity index (χ0v) is 21.5. The molecule has 184 valence electrons. The van der Waals surface area contributed by atoms with Crippen LogP contribution in [0.5, 0.6) is 0 Å². The Bertz CT molecular complexity index is 989. The van der Waals surface area contributed by atoms with Gasteiger partial charge in [-0.3, -0.25) is 19.8 Å². The van der Waals surface area contributed by atoms with E-state index in [1.165, 1.54) is 35.9 Å². The van der Waals surface area contributed by atoms with E-state index in [0.29, 0.717) is 35.5 Å². The molecule has 0 bridgehead atoms. The van der Waals surface area contributed by atoms with E-state index in [2.05, 4.69) is 15.6 Å². The van der Waals surface area contributed by atoms with Crippen LogP contribution in [0.15, 0.2) is 34.7 Å². The molecule has 0 saturated heterocycles. The maximum Gasteiger partial charge on any atom is 0.328 e. The normalized spacial score (nSPS) is 13.6. The number of benzene rings is 1. The van der Waals surface area contributed by atoms with Crippen molar-refractivity contribution in [2.45, 2.75) is 56.7 Å². The molecule has 0 aliphatic heterocycles. The highest BCUT2D eigenvalue weighted by Crippen LogP contribution is 2.31. The minimum Gasteiger partial charge on any atom is -0.465 e. The van der Waals surface area contributed by atoms with Crippen LogP contribution in [0.3, 0.4) is 0 Å². The summed E-state index contributed by atoms with van der Waals surface area (Å²) in [4.78, 5) is 43.4. The van der Waals surface area contributed by atoms with Crippen molar-refractivity contribution in [3.8, 4) is 0 Å². The highest BCUT2D eigenvalue weighted by Gasteiger charge is 2.25. The fraction of sp³-hybridized carbons (Fsp3) is 0.500. The summed E-state index contributed by atoms with van der Waals surface area (Å²) >= 11 is 2.64. The Morgan fingerprint density at radius 1 is 1.26 bits per heavy atom. The molecule has 3 rings (SSSR count). The number of nitrogens with zero attached hydrogens (tertiary/aromatic N) is 2. The molecule has 1 fully saturated rings. The van der Waals surface area contributed by atoms with Crippen LogP contribution in [-0.4, -0.2) is 47.8 Å². The van der Waals surface area contributed by atoms with Crippen LogP contribution in [0.4, 0.5) is 15.6 Å². The number of anilines is 2. The summed E-state index contributed by atoms with van der Waals surface area (Å²) < 4.78 is 5.76. The largest absolute Gasteiger partial charge is 0.465 e. The zero-order valence-electron chi connectivity index (χ0n) is 19.8. The van der Waals surface area contributed by atoms with Gasteiger partial charge in [0.2, 0.25) is 0 Å². The molecule has 0 radical (unpaired) electrons. The molecule has 1 aliphatic rings. The van der Waals surface area contributed by atoms with Crippen LogP contribution >= 0.6 is 23.1 Å². The summed E-state index contributed by atoms with van der Waals surface area (Å²) in [5.74, 6) is 0.172. The van der Waals surface area contributed by atoms with E-state index in [0.717, 1.165) is 17.1 Å². The van der Waals surface area contributed by atoms with Gasteiger partial charge in [0, 0.05) is 23.8 Å². The second kappa shape index (κ2) is 12.8. The lowest BCUT2D eigenvalue weighted by Gasteiger charge is -2.26. The first-order valence-corrected chi connectivity index (χ1v) is 13.4. The van der Waals surface area contributed by atoms with Gasteiger partial charge < -0.3 is 10.1 Å². The van der Waals surface area contributed by atoms with Crippen LogP contribution in [0.1, 0.15) is 56.8 Å². The van der Waals surface area contributed by atoms with Crippen molar-refractivity contribution in [1.29, 1.82) is 0 Å². The standard InChI is InChI=1S/C24H32N4O4S2/c1-4-32-20(29)15-33-21-13-25-23(34-21)27-24(31)28(14-17-8-5-6-9-17)19-11-7-10-18(12-19)22(30)26-16(2)3/h7,10-13,16-17H,4-6,8-9,14-15H2,1-3H3,(H,26,30)(H,25,27,31). The van der Waals surface area contributed by atoms with E-state index in [-0.39, 0.29) is 29.7 Å². The summed E-state index contributed by atoms with van der Waals surface area (Å²) in [6.45, 7) is 6.52. The van der Waals surface area contributed by atoms with Crippen molar-refractivity contribution < 1.29 is 19.1 Å². The Hall–Kier alpha value is -2.59. The predicted octanol–water partition coefficient (Wildman–Crippen LogP) is 5.17. The molecule has 1 aliphatic carbocycles. The molecule has 0 atom stereocenters. The van der Waals surface area contributed by atoms with Gasteiger partial charge in [-0.05, 0) is 57.7 Å². The Balaban J connectivity index is 1.73. The monoisotopic (exact) mass is 504 g/mol. The molecule has 0 spiro atoms. The van der Waals surface area contributed by atoms with Crippen LogP contribution in [0.2, 0.25) is 0 Å². The number of nitrogens with one attached hydrogen (secondary N) is 2. The van der Waals surface area contributed by atoms with E-state index in [9.17, 15) is 14.4 Å². The number of thioether (sulfide) groups is 1. The molecule has 1 aromatic heterocycles. The van der Waals surface area contributed by atoms with Crippen LogP contribution < -0.4 is 15.5 Å². The molecule has 0 unspecified atom stereocenters. The van der Waals surface area contributed by atoms with Crippen LogP contribution in [0.25, 0.3) is 0 Å². The lowest BCUT2D eigenvalue weighted by Crippen LogP contribution is -2.38. The molecule has 3 amide bonds. The Labute approximate surface area is 208 Å². The number of rotatable bonds is 10. The maximum atomic E-state index is 13.3. The highest BCUT2D eigenvalue weighted by molar-refractivity contribution is 8.01. The molecule has 2 N–H and O–H groups in total. The maximum absolute atomic E-state index is 13.3. The van der Waals surface area contributed by atoms with Crippen molar-refractivity contribution in [3.05, 3.63) is 36.0 Å². The van der Waals surface area contributed by atoms with Gasteiger partial charge in [0.25, 0.3) is 5.91 Å². The van der Waals surface area contributed by atoms with E-state index >= 15 is 0 Å². The fourth-order valence-corrected chi connectivity index (χ4v) is 5.45. The molecule has 1 saturated carbocycles. The second-order valence-corrected chi connectivity index (χ2v) is 10.8. The molecule has 1 aromatic carbocycles. The number of ether oxygens (including phenoxy) is 1. The first-order chi connectivity index (χ1) is 16.4. The Morgan fingerprint density at radius 2 is 2.03 bits per heavy atom. The van der Waals surface area contributed by atoms with Crippen molar-refractivity contribution >= 4 is 51.8 Å².